The fourth-order valence-corrected chi connectivity index (χ4v) is 2.98. The number of aryl methyl sites for hydroxylation is 1. The van der Waals surface area contributed by atoms with E-state index in [0.29, 0.717) is 0 Å². The topological polar surface area (TPSA) is 15.3 Å². The molecular formula is C17H27FN2. The van der Waals surface area contributed by atoms with Crippen LogP contribution in [0.3, 0.4) is 0 Å². The first-order chi connectivity index (χ1) is 9.66. The van der Waals surface area contributed by atoms with Crippen molar-refractivity contribution in [2.45, 2.75) is 52.1 Å². The van der Waals surface area contributed by atoms with Crippen LogP contribution in [0.5, 0.6) is 0 Å². The van der Waals surface area contributed by atoms with Gasteiger partial charge in [0.1, 0.15) is 5.82 Å². The van der Waals surface area contributed by atoms with E-state index in [4.69, 9.17) is 0 Å². The molecule has 1 unspecified atom stereocenters. The number of likely N-dealkylation sites (tertiary alicyclic amines) is 1. The lowest BCUT2D eigenvalue weighted by Gasteiger charge is -2.33. The summed E-state index contributed by atoms with van der Waals surface area (Å²) < 4.78 is 13.0. The lowest BCUT2D eigenvalue weighted by molar-refractivity contribution is 0.159. The summed E-state index contributed by atoms with van der Waals surface area (Å²) in [5.74, 6) is -0.148. The Kier molecular flexibility index (Phi) is 5.99. The van der Waals surface area contributed by atoms with E-state index in [9.17, 15) is 4.39 Å². The summed E-state index contributed by atoms with van der Waals surface area (Å²) in [6, 6.07) is 5.78. The minimum absolute atomic E-state index is 0.148. The molecule has 1 fully saturated rings. The van der Waals surface area contributed by atoms with Gasteiger partial charge in [-0.3, -0.25) is 0 Å². The third-order valence-electron chi connectivity index (χ3n) is 4.36. The molecule has 0 spiro atoms. The standard InChI is InChI=1S/C17H27FN2/c1-14-12-17(18)8-7-16(14)13-19-9-5-11-20-10-4-3-6-15(20)2/h7-8,12,15,19H,3-6,9-11,13H2,1-2H3. The first kappa shape index (κ1) is 15.5. The third kappa shape index (κ3) is 4.57. The van der Waals surface area contributed by atoms with Crippen LogP contribution >= 0.6 is 0 Å². The molecule has 2 rings (SSSR count). The molecule has 1 saturated heterocycles. The largest absolute Gasteiger partial charge is 0.313 e. The Morgan fingerprint density at radius 1 is 1.35 bits per heavy atom. The molecule has 2 nitrogen and oxygen atoms in total. The Bertz CT molecular complexity index is 419. The van der Waals surface area contributed by atoms with Crippen LogP contribution in [-0.2, 0) is 6.54 Å². The lowest BCUT2D eigenvalue weighted by Crippen LogP contribution is -2.38. The van der Waals surface area contributed by atoms with Crippen molar-refractivity contribution in [2.75, 3.05) is 19.6 Å². The van der Waals surface area contributed by atoms with E-state index in [1.807, 2.05) is 13.0 Å². The van der Waals surface area contributed by atoms with Crippen LogP contribution in [0.2, 0.25) is 0 Å². The van der Waals surface area contributed by atoms with Gasteiger partial charge in [0.2, 0.25) is 0 Å². The van der Waals surface area contributed by atoms with Crippen molar-refractivity contribution in [2.24, 2.45) is 0 Å². The van der Waals surface area contributed by atoms with Crippen molar-refractivity contribution in [3.8, 4) is 0 Å². The second-order valence-electron chi connectivity index (χ2n) is 5.98. The molecule has 1 N–H and O–H groups in total. The van der Waals surface area contributed by atoms with Crippen molar-refractivity contribution in [1.29, 1.82) is 0 Å². The highest BCUT2D eigenvalue weighted by molar-refractivity contribution is 5.26. The Balaban J connectivity index is 1.64. The quantitative estimate of drug-likeness (QED) is 0.801. The average molecular weight is 278 g/mol. The zero-order chi connectivity index (χ0) is 14.4. The minimum Gasteiger partial charge on any atom is -0.313 e. The number of rotatable bonds is 6. The van der Waals surface area contributed by atoms with Gasteiger partial charge in [-0.25, -0.2) is 4.39 Å². The SMILES string of the molecule is Cc1cc(F)ccc1CNCCCN1CCCCC1C. The summed E-state index contributed by atoms with van der Waals surface area (Å²) in [6.07, 6.45) is 5.28. The monoisotopic (exact) mass is 278 g/mol. The van der Waals surface area contributed by atoms with E-state index in [1.165, 1.54) is 44.3 Å². The van der Waals surface area contributed by atoms with E-state index in [-0.39, 0.29) is 5.82 Å². The highest BCUT2D eigenvalue weighted by Crippen LogP contribution is 2.16. The third-order valence-corrected chi connectivity index (χ3v) is 4.36. The molecule has 1 aromatic carbocycles. The number of nitrogens with one attached hydrogen (secondary N) is 1. The van der Waals surface area contributed by atoms with Crippen molar-refractivity contribution in [1.82, 2.24) is 10.2 Å². The van der Waals surface area contributed by atoms with Crippen LogP contribution in [0.1, 0.15) is 43.7 Å². The Morgan fingerprint density at radius 3 is 2.95 bits per heavy atom. The molecule has 0 saturated carbocycles. The van der Waals surface area contributed by atoms with E-state index in [0.717, 1.165) is 24.7 Å². The second-order valence-corrected chi connectivity index (χ2v) is 5.98. The predicted octanol–water partition coefficient (Wildman–Crippen LogP) is 3.49. The Hall–Kier alpha value is -0.930. The van der Waals surface area contributed by atoms with Crippen LogP contribution in [0.4, 0.5) is 4.39 Å². The van der Waals surface area contributed by atoms with E-state index >= 15 is 0 Å². The van der Waals surface area contributed by atoms with E-state index in [2.05, 4.69) is 17.1 Å². The zero-order valence-corrected chi connectivity index (χ0v) is 12.8. The minimum atomic E-state index is -0.148. The number of nitrogens with zero attached hydrogens (tertiary/aromatic N) is 1. The number of piperidine rings is 1. The molecule has 1 aromatic rings. The van der Waals surface area contributed by atoms with Crippen molar-refractivity contribution in [3.05, 3.63) is 35.1 Å². The van der Waals surface area contributed by atoms with Gasteiger partial charge in [0.25, 0.3) is 0 Å². The molecule has 0 radical (unpaired) electrons. The first-order valence-electron chi connectivity index (χ1n) is 7.86. The number of hydrogen-bond acceptors (Lipinski definition) is 2. The fourth-order valence-electron chi connectivity index (χ4n) is 2.98. The van der Waals surface area contributed by atoms with Gasteiger partial charge in [0.15, 0.2) is 0 Å². The van der Waals surface area contributed by atoms with Gasteiger partial charge >= 0.3 is 0 Å². The number of halogens is 1. The maximum Gasteiger partial charge on any atom is 0.123 e. The van der Waals surface area contributed by atoms with Gasteiger partial charge in [0, 0.05) is 12.6 Å². The molecule has 1 atom stereocenters. The summed E-state index contributed by atoms with van der Waals surface area (Å²) in [4.78, 5) is 2.61. The molecule has 0 aliphatic carbocycles. The predicted molar refractivity (Wildman–Crippen MR) is 82.3 cm³/mol. The Morgan fingerprint density at radius 2 is 2.20 bits per heavy atom. The second kappa shape index (κ2) is 7.75. The maximum absolute atomic E-state index is 13.0. The molecule has 1 heterocycles. The van der Waals surface area contributed by atoms with Crippen molar-refractivity contribution >= 4 is 0 Å². The van der Waals surface area contributed by atoms with Crippen LogP contribution in [0, 0.1) is 12.7 Å². The van der Waals surface area contributed by atoms with Crippen LogP contribution in [-0.4, -0.2) is 30.6 Å². The summed E-state index contributed by atoms with van der Waals surface area (Å²) in [7, 11) is 0. The average Bonchev–Trinajstić information content (AvgIpc) is 2.42. The Labute approximate surface area is 122 Å². The van der Waals surface area contributed by atoms with Crippen LogP contribution in [0.25, 0.3) is 0 Å². The summed E-state index contributed by atoms with van der Waals surface area (Å²) >= 11 is 0. The van der Waals surface area contributed by atoms with Gasteiger partial charge in [-0.1, -0.05) is 12.5 Å². The van der Waals surface area contributed by atoms with Gasteiger partial charge in [-0.15, -0.1) is 0 Å². The van der Waals surface area contributed by atoms with Gasteiger partial charge < -0.3 is 10.2 Å². The van der Waals surface area contributed by atoms with Gasteiger partial charge in [0.05, 0.1) is 0 Å². The van der Waals surface area contributed by atoms with Crippen molar-refractivity contribution in [3.63, 3.8) is 0 Å². The molecule has 3 heteroatoms. The molecule has 112 valence electrons. The summed E-state index contributed by atoms with van der Waals surface area (Å²) in [5.41, 5.74) is 2.22. The van der Waals surface area contributed by atoms with Gasteiger partial charge in [-0.2, -0.15) is 0 Å². The molecule has 1 aliphatic rings. The molecule has 20 heavy (non-hydrogen) atoms. The molecule has 0 aromatic heterocycles. The summed E-state index contributed by atoms with van der Waals surface area (Å²) in [6.45, 7) is 8.63. The summed E-state index contributed by atoms with van der Waals surface area (Å²) in [5, 5.41) is 3.47. The maximum atomic E-state index is 13.0. The molecule has 0 amide bonds. The normalized spacial score (nSPS) is 20.2. The van der Waals surface area contributed by atoms with E-state index in [1.54, 1.807) is 12.1 Å². The van der Waals surface area contributed by atoms with Crippen molar-refractivity contribution < 1.29 is 4.39 Å². The number of benzene rings is 1. The fraction of sp³-hybridized carbons (Fsp3) is 0.647. The molecular weight excluding hydrogens is 251 g/mol. The highest BCUT2D eigenvalue weighted by Gasteiger charge is 2.16. The molecule has 1 aliphatic heterocycles. The zero-order valence-electron chi connectivity index (χ0n) is 12.8. The lowest BCUT2D eigenvalue weighted by atomic mass is 10.0. The van der Waals surface area contributed by atoms with Crippen LogP contribution in [0.15, 0.2) is 18.2 Å². The first-order valence-corrected chi connectivity index (χ1v) is 7.86. The van der Waals surface area contributed by atoms with E-state index < -0.39 is 0 Å². The van der Waals surface area contributed by atoms with Crippen LogP contribution < -0.4 is 5.32 Å². The number of hydrogen-bond donors (Lipinski definition) is 1. The molecule has 0 bridgehead atoms. The highest BCUT2D eigenvalue weighted by atomic mass is 19.1. The smallest absolute Gasteiger partial charge is 0.123 e. The van der Waals surface area contributed by atoms with Gasteiger partial charge in [-0.05, 0) is 76.0 Å².